The summed E-state index contributed by atoms with van der Waals surface area (Å²) in [4.78, 5) is 11.7. The molecule has 1 aliphatic rings. The van der Waals surface area contributed by atoms with Gasteiger partial charge < -0.3 is 20.1 Å². The quantitative estimate of drug-likeness (QED) is 0.792. The number of alkyl carbamates (subject to hydrolysis) is 1. The van der Waals surface area contributed by atoms with E-state index in [4.69, 9.17) is 9.47 Å². The van der Waals surface area contributed by atoms with Gasteiger partial charge in [0.25, 0.3) is 0 Å². The summed E-state index contributed by atoms with van der Waals surface area (Å²) >= 11 is 0. The molecule has 0 radical (unpaired) electrons. The summed E-state index contributed by atoms with van der Waals surface area (Å²) in [6.07, 6.45) is 3.35. The van der Waals surface area contributed by atoms with E-state index >= 15 is 0 Å². The molecule has 0 saturated heterocycles. The fourth-order valence-corrected chi connectivity index (χ4v) is 2.71. The molecule has 0 aromatic carbocycles. The molecule has 2 N–H and O–H groups in total. The van der Waals surface area contributed by atoms with Crippen LogP contribution in [0.15, 0.2) is 0 Å². The van der Waals surface area contributed by atoms with Crippen LogP contribution in [0.1, 0.15) is 53.9 Å². The monoisotopic (exact) mass is 300 g/mol. The van der Waals surface area contributed by atoms with Gasteiger partial charge in [0.15, 0.2) is 0 Å². The van der Waals surface area contributed by atoms with Crippen molar-refractivity contribution in [2.75, 3.05) is 13.7 Å². The van der Waals surface area contributed by atoms with E-state index in [0.717, 1.165) is 12.8 Å². The fourth-order valence-electron chi connectivity index (χ4n) is 2.71. The zero-order valence-electron chi connectivity index (χ0n) is 14.4. The van der Waals surface area contributed by atoms with Crippen molar-refractivity contribution in [1.82, 2.24) is 10.6 Å². The predicted octanol–water partition coefficient (Wildman–Crippen LogP) is 2.69. The number of methoxy groups -OCH3 is 1. The number of nitrogens with one attached hydrogen (secondary N) is 2. The predicted molar refractivity (Wildman–Crippen MR) is 84.4 cm³/mol. The first-order valence-corrected chi connectivity index (χ1v) is 7.98. The smallest absolute Gasteiger partial charge is 0.407 e. The summed E-state index contributed by atoms with van der Waals surface area (Å²) in [5, 5.41) is 6.53. The molecular weight excluding hydrogens is 268 g/mol. The summed E-state index contributed by atoms with van der Waals surface area (Å²) in [6, 6.07) is 0.745. The molecule has 0 aromatic heterocycles. The second kappa shape index (κ2) is 7.99. The van der Waals surface area contributed by atoms with Gasteiger partial charge in [0.05, 0.1) is 6.10 Å². The molecule has 0 spiro atoms. The second-order valence-electron chi connectivity index (χ2n) is 7.08. The van der Waals surface area contributed by atoms with E-state index in [1.165, 1.54) is 6.42 Å². The zero-order chi connectivity index (χ0) is 16.0. The van der Waals surface area contributed by atoms with Gasteiger partial charge in [0, 0.05) is 25.7 Å². The lowest BCUT2D eigenvalue weighted by Gasteiger charge is -2.28. The van der Waals surface area contributed by atoms with Gasteiger partial charge in [-0.05, 0) is 53.4 Å². The number of ether oxygens (including phenoxy) is 2. The molecule has 124 valence electrons. The molecule has 1 fully saturated rings. The lowest BCUT2D eigenvalue weighted by Crippen LogP contribution is -2.47. The third kappa shape index (κ3) is 6.66. The molecule has 21 heavy (non-hydrogen) atoms. The Labute approximate surface area is 129 Å². The van der Waals surface area contributed by atoms with Crippen molar-refractivity contribution in [1.29, 1.82) is 0 Å². The average molecular weight is 300 g/mol. The SMILES string of the molecule is COC(C)C(C)NC1CCCC1CNC(=O)OC(C)(C)C. The molecular formula is C16H32N2O3. The minimum atomic E-state index is -0.445. The van der Waals surface area contributed by atoms with Crippen LogP contribution in [0.5, 0.6) is 0 Å². The maximum absolute atomic E-state index is 11.7. The van der Waals surface area contributed by atoms with Crippen LogP contribution < -0.4 is 10.6 Å². The Morgan fingerprint density at radius 3 is 2.52 bits per heavy atom. The van der Waals surface area contributed by atoms with Crippen LogP contribution in [0.25, 0.3) is 0 Å². The average Bonchev–Trinajstić information content (AvgIpc) is 2.80. The molecule has 5 heteroatoms. The van der Waals surface area contributed by atoms with E-state index in [1.54, 1.807) is 7.11 Å². The standard InChI is InChI=1S/C16H32N2O3/c1-11(12(2)20-6)18-14-9-7-8-13(14)10-17-15(19)21-16(3,4)5/h11-14,18H,7-10H2,1-6H3,(H,17,19). The van der Waals surface area contributed by atoms with Gasteiger partial charge in [-0.3, -0.25) is 0 Å². The normalized spacial score (nSPS) is 25.4. The van der Waals surface area contributed by atoms with Crippen LogP contribution in [0.3, 0.4) is 0 Å². The van der Waals surface area contributed by atoms with Crippen LogP contribution in [0, 0.1) is 5.92 Å². The summed E-state index contributed by atoms with van der Waals surface area (Å²) in [7, 11) is 1.74. The highest BCUT2D eigenvalue weighted by Gasteiger charge is 2.30. The molecule has 5 nitrogen and oxygen atoms in total. The van der Waals surface area contributed by atoms with Gasteiger partial charge in [0.1, 0.15) is 5.60 Å². The maximum Gasteiger partial charge on any atom is 0.407 e. The highest BCUT2D eigenvalue weighted by atomic mass is 16.6. The largest absolute Gasteiger partial charge is 0.444 e. The van der Waals surface area contributed by atoms with Crippen LogP contribution in [0.4, 0.5) is 4.79 Å². The van der Waals surface area contributed by atoms with E-state index in [1.807, 2.05) is 20.8 Å². The Morgan fingerprint density at radius 1 is 1.29 bits per heavy atom. The lowest BCUT2D eigenvalue weighted by molar-refractivity contribution is 0.0513. The fraction of sp³-hybridized carbons (Fsp3) is 0.938. The van der Waals surface area contributed by atoms with Crippen molar-refractivity contribution < 1.29 is 14.3 Å². The molecule has 1 saturated carbocycles. The minimum absolute atomic E-state index is 0.185. The molecule has 0 bridgehead atoms. The van der Waals surface area contributed by atoms with Gasteiger partial charge in [-0.15, -0.1) is 0 Å². The van der Waals surface area contributed by atoms with E-state index in [2.05, 4.69) is 24.5 Å². The van der Waals surface area contributed by atoms with Crippen LogP contribution in [-0.2, 0) is 9.47 Å². The molecule has 0 aliphatic heterocycles. The summed E-state index contributed by atoms with van der Waals surface area (Å²) < 4.78 is 10.6. The highest BCUT2D eigenvalue weighted by Crippen LogP contribution is 2.26. The van der Waals surface area contributed by atoms with Crippen LogP contribution in [-0.4, -0.2) is 43.5 Å². The molecule has 0 heterocycles. The topological polar surface area (TPSA) is 59.6 Å². The number of carbonyl (C=O) groups excluding carboxylic acids is 1. The van der Waals surface area contributed by atoms with Crippen LogP contribution in [0.2, 0.25) is 0 Å². The molecule has 1 rings (SSSR count). The third-order valence-corrected chi connectivity index (χ3v) is 4.12. The van der Waals surface area contributed by atoms with Gasteiger partial charge in [-0.2, -0.15) is 0 Å². The third-order valence-electron chi connectivity index (χ3n) is 4.12. The van der Waals surface area contributed by atoms with Crippen molar-refractivity contribution in [3.63, 3.8) is 0 Å². The van der Waals surface area contributed by atoms with Gasteiger partial charge in [0.2, 0.25) is 0 Å². The van der Waals surface area contributed by atoms with Crippen molar-refractivity contribution in [2.45, 2.75) is 77.7 Å². The molecule has 4 atom stereocenters. The number of amides is 1. The van der Waals surface area contributed by atoms with E-state index in [-0.39, 0.29) is 12.2 Å². The first kappa shape index (κ1) is 18.2. The number of rotatable bonds is 6. The van der Waals surface area contributed by atoms with Crippen molar-refractivity contribution in [2.24, 2.45) is 5.92 Å². The van der Waals surface area contributed by atoms with Crippen LogP contribution >= 0.6 is 0 Å². The van der Waals surface area contributed by atoms with E-state index in [9.17, 15) is 4.79 Å². The van der Waals surface area contributed by atoms with Crippen molar-refractivity contribution >= 4 is 6.09 Å². The number of carbonyl (C=O) groups is 1. The van der Waals surface area contributed by atoms with Crippen molar-refractivity contribution in [3.05, 3.63) is 0 Å². The second-order valence-corrected chi connectivity index (χ2v) is 7.08. The lowest BCUT2D eigenvalue weighted by atomic mass is 10.0. The van der Waals surface area contributed by atoms with Gasteiger partial charge in [-0.25, -0.2) is 4.79 Å². The zero-order valence-corrected chi connectivity index (χ0v) is 14.4. The van der Waals surface area contributed by atoms with Gasteiger partial charge in [-0.1, -0.05) is 6.42 Å². The Hall–Kier alpha value is -0.810. The van der Waals surface area contributed by atoms with Gasteiger partial charge >= 0.3 is 6.09 Å². The van der Waals surface area contributed by atoms with Crippen molar-refractivity contribution in [3.8, 4) is 0 Å². The molecule has 4 unspecified atom stereocenters. The Balaban J connectivity index is 2.38. The Kier molecular flexibility index (Phi) is 6.94. The minimum Gasteiger partial charge on any atom is -0.444 e. The Morgan fingerprint density at radius 2 is 1.95 bits per heavy atom. The highest BCUT2D eigenvalue weighted by molar-refractivity contribution is 5.67. The summed E-state index contributed by atoms with van der Waals surface area (Å²) in [5.41, 5.74) is -0.445. The molecule has 0 aromatic rings. The van der Waals surface area contributed by atoms with E-state index < -0.39 is 5.60 Å². The summed E-state index contributed by atoms with van der Waals surface area (Å²) in [5.74, 6) is 0.462. The first-order valence-electron chi connectivity index (χ1n) is 7.98. The Bertz CT molecular complexity index is 328. The van der Waals surface area contributed by atoms with E-state index in [0.29, 0.717) is 24.5 Å². The number of hydrogen-bond acceptors (Lipinski definition) is 4. The molecule has 1 aliphatic carbocycles. The summed E-state index contributed by atoms with van der Waals surface area (Å²) in [6.45, 7) is 10.5. The molecule has 1 amide bonds. The first-order chi connectivity index (χ1) is 9.73. The maximum atomic E-state index is 11.7. The number of hydrogen-bond donors (Lipinski definition) is 2.